The summed E-state index contributed by atoms with van der Waals surface area (Å²) in [6.45, 7) is 1.15. The van der Waals surface area contributed by atoms with E-state index >= 15 is 0 Å². The fraction of sp³-hybridized carbons (Fsp3) is 0.278. The summed E-state index contributed by atoms with van der Waals surface area (Å²) < 4.78 is 10.3. The molecule has 2 aromatic rings. The molecule has 0 saturated carbocycles. The molecule has 2 rings (SSSR count). The van der Waals surface area contributed by atoms with Crippen molar-refractivity contribution in [2.45, 2.75) is 13.0 Å². The van der Waals surface area contributed by atoms with E-state index < -0.39 is 0 Å². The highest BCUT2D eigenvalue weighted by molar-refractivity contribution is 5.92. The van der Waals surface area contributed by atoms with Crippen molar-refractivity contribution >= 4 is 11.6 Å². The molecule has 0 aliphatic carbocycles. The highest BCUT2D eigenvalue weighted by Gasteiger charge is 2.02. The molecule has 0 radical (unpaired) electrons. The average Bonchev–Trinajstić information content (AvgIpc) is 2.57. The predicted molar refractivity (Wildman–Crippen MR) is 94.0 cm³/mol. The van der Waals surface area contributed by atoms with E-state index in [9.17, 15) is 0 Å². The van der Waals surface area contributed by atoms with Gasteiger partial charge in [-0.1, -0.05) is 30.3 Å². The van der Waals surface area contributed by atoms with E-state index in [1.807, 2.05) is 48.5 Å². The first-order chi connectivity index (χ1) is 11.2. The summed E-state index contributed by atoms with van der Waals surface area (Å²) in [6, 6.07) is 15.8. The number of hydrogen-bond donors (Lipinski definition) is 2. The number of nitrogens with one attached hydrogen (secondary N) is 1. The van der Waals surface area contributed by atoms with Crippen LogP contribution in [-0.4, -0.2) is 26.7 Å². The lowest BCUT2D eigenvalue weighted by atomic mass is 10.1. The normalized spacial score (nSPS) is 11.3. The number of rotatable bonds is 7. The highest BCUT2D eigenvalue weighted by atomic mass is 16.5. The van der Waals surface area contributed by atoms with Gasteiger partial charge in [0.15, 0.2) is 5.96 Å². The van der Waals surface area contributed by atoms with Gasteiger partial charge in [0.1, 0.15) is 5.75 Å². The zero-order valence-electron chi connectivity index (χ0n) is 13.6. The Balaban J connectivity index is 1.90. The van der Waals surface area contributed by atoms with E-state index in [1.165, 1.54) is 5.56 Å². The number of aliphatic imine (C=N–C) groups is 1. The number of methoxy groups -OCH3 is 2. The molecule has 0 aliphatic rings. The van der Waals surface area contributed by atoms with Crippen molar-refractivity contribution in [2.75, 3.05) is 26.1 Å². The Hall–Kier alpha value is -2.53. The number of anilines is 1. The van der Waals surface area contributed by atoms with Gasteiger partial charge in [-0.05, 0) is 30.2 Å². The quantitative estimate of drug-likeness (QED) is 0.609. The molecule has 0 atom stereocenters. The third kappa shape index (κ3) is 5.30. The zero-order chi connectivity index (χ0) is 16.5. The number of ether oxygens (including phenoxy) is 2. The highest BCUT2D eigenvalue weighted by Crippen LogP contribution is 2.15. The van der Waals surface area contributed by atoms with Gasteiger partial charge in [-0.3, -0.25) is 4.99 Å². The van der Waals surface area contributed by atoms with Crippen molar-refractivity contribution in [3.8, 4) is 5.75 Å². The van der Waals surface area contributed by atoms with E-state index in [0.29, 0.717) is 19.1 Å². The summed E-state index contributed by atoms with van der Waals surface area (Å²) in [5.74, 6) is 1.26. The maximum Gasteiger partial charge on any atom is 0.193 e. The molecule has 0 amide bonds. The molecule has 0 bridgehead atoms. The topological polar surface area (TPSA) is 68.9 Å². The van der Waals surface area contributed by atoms with Crippen LogP contribution in [-0.2, 0) is 17.8 Å². The summed E-state index contributed by atoms with van der Waals surface area (Å²) in [4.78, 5) is 4.37. The van der Waals surface area contributed by atoms with Gasteiger partial charge >= 0.3 is 0 Å². The van der Waals surface area contributed by atoms with E-state index in [0.717, 1.165) is 23.4 Å². The van der Waals surface area contributed by atoms with Crippen LogP contribution >= 0.6 is 0 Å². The van der Waals surface area contributed by atoms with E-state index in [1.54, 1.807) is 14.2 Å². The number of guanidine groups is 1. The van der Waals surface area contributed by atoms with Gasteiger partial charge in [-0.15, -0.1) is 0 Å². The SMILES string of the molecule is COCc1ccccc1NC(N)=NCCc1ccc(OC)cc1. The summed E-state index contributed by atoms with van der Waals surface area (Å²) in [5.41, 5.74) is 9.12. The molecule has 0 aliphatic heterocycles. The van der Waals surface area contributed by atoms with Gasteiger partial charge in [0.05, 0.1) is 13.7 Å². The molecule has 0 spiro atoms. The number of benzene rings is 2. The Morgan fingerprint density at radius 3 is 2.52 bits per heavy atom. The van der Waals surface area contributed by atoms with Crippen molar-refractivity contribution in [2.24, 2.45) is 10.7 Å². The molecule has 0 heterocycles. The van der Waals surface area contributed by atoms with Crippen LogP contribution < -0.4 is 15.8 Å². The first kappa shape index (κ1) is 16.8. The van der Waals surface area contributed by atoms with Gasteiger partial charge in [-0.25, -0.2) is 0 Å². The zero-order valence-corrected chi connectivity index (χ0v) is 13.6. The molecular formula is C18H23N3O2. The lowest BCUT2D eigenvalue weighted by molar-refractivity contribution is 0.185. The Kier molecular flexibility index (Phi) is 6.44. The second kappa shape index (κ2) is 8.80. The van der Waals surface area contributed by atoms with E-state index in [2.05, 4.69) is 10.3 Å². The molecule has 5 nitrogen and oxygen atoms in total. The van der Waals surface area contributed by atoms with Crippen molar-refractivity contribution in [3.05, 3.63) is 59.7 Å². The first-order valence-corrected chi connectivity index (χ1v) is 7.49. The van der Waals surface area contributed by atoms with Crippen LogP contribution in [0.5, 0.6) is 5.75 Å². The average molecular weight is 313 g/mol. The first-order valence-electron chi connectivity index (χ1n) is 7.49. The number of hydrogen-bond acceptors (Lipinski definition) is 3. The van der Waals surface area contributed by atoms with Crippen LogP contribution in [0, 0.1) is 0 Å². The van der Waals surface area contributed by atoms with E-state index in [-0.39, 0.29) is 0 Å². The summed E-state index contributed by atoms with van der Waals surface area (Å²) in [7, 11) is 3.33. The number of nitrogens with two attached hydrogens (primary N) is 1. The van der Waals surface area contributed by atoms with Gasteiger partial charge in [0.25, 0.3) is 0 Å². The largest absolute Gasteiger partial charge is 0.497 e. The number of para-hydroxylation sites is 1. The van der Waals surface area contributed by atoms with Crippen molar-refractivity contribution < 1.29 is 9.47 Å². The fourth-order valence-corrected chi connectivity index (χ4v) is 2.20. The Bertz CT molecular complexity index is 639. The molecule has 0 unspecified atom stereocenters. The van der Waals surface area contributed by atoms with Gasteiger partial charge in [0, 0.05) is 24.9 Å². The Morgan fingerprint density at radius 2 is 1.83 bits per heavy atom. The molecule has 5 heteroatoms. The van der Waals surface area contributed by atoms with Crippen LogP contribution in [0.15, 0.2) is 53.5 Å². The van der Waals surface area contributed by atoms with Gasteiger partial charge in [0.2, 0.25) is 0 Å². The van der Waals surface area contributed by atoms with Crippen molar-refractivity contribution in [1.82, 2.24) is 0 Å². The second-order valence-electron chi connectivity index (χ2n) is 5.08. The van der Waals surface area contributed by atoms with Crippen molar-refractivity contribution in [1.29, 1.82) is 0 Å². The van der Waals surface area contributed by atoms with Crippen LogP contribution in [0.2, 0.25) is 0 Å². The van der Waals surface area contributed by atoms with Crippen LogP contribution in [0.1, 0.15) is 11.1 Å². The summed E-state index contributed by atoms with van der Waals surface area (Å²) >= 11 is 0. The van der Waals surface area contributed by atoms with Crippen LogP contribution in [0.25, 0.3) is 0 Å². The molecule has 0 fully saturated rings. The van der Waals surface area contributed by atoms with Crippen LogP contribution in [0.4, 0.5) is 5.69 Å². The maximum absolute atomic E-state index is 5.96. The molecular weight excluding hydrogens is 290 g/mol. The maximum atomic E-state index is 5.96. The predicted octanol–water partition coefficient (Wildman–Crippen LogP) is 2.81. The fourth-order valence-electron chi connectivity index (χ4n) is 2.20. The van der Waals surface area contributed by atoms with Crippen molar-refractivity contribution in [3.63, 3.8) is 0 Å². The lowest BCUT2D eigenvalue weighted by Crippen LogP contribution is -2.23. The molecule has 0 aromatic heterocycles. The van der Waals surface area contributed by atoms with Crippen LogP contribution in [0.3, 0.4) is 0 Å². The van der Waals surface area contributed by atoms with Gasteiger partial charge in [-0.2, -0.15) is 0 Å². The Morgan fingerprint density at radius 1 is 1.09 bits per heavy atom. The minimum absolute atomic E-state index is 0.405. The molecule has 2 aromatic carbocycles. The smallest absolute Gasteiger partial charge is 0.193 e. The molecule has 3 N–H and O–H groups in total. The summed E-state index contributed by atoms with van der Waals surface area (Å²) in [6.07, 6.45) is 0.825. The third-order valence-corrected chi connectivity index (χ3v) is 3.42. The summed E-state index contributed by atoms with van der Waals surface area (Å²) in [5, 5.41) is 3.13. The van der Waals surface area contributed by atoms with Gasteiger partial charge < -0.3 is 20.5 Å². The third-order valence-electron chi connectivity index (χ3n) is 3.42. The molecule has 122 valence electrons. The minimum atomic E-state index is 0.405. The number of nitrogens with zero attached hydrogens (tertiary/aromatic N) is 1. The standard InChI is InChI=1S/C18H23N3O2/c1-22-13-15-5-3-4-6-17(15)21-18(19)20-12-11-14-7-9-16(23-2)10-8-14/h3-10H,11-13H2,1-2H3,(H3,19,20,21). The lowest BCUT2D eigenvalue weighted by Gasteiger charge is -2.10. The molecule has 23 heavy (non-hydrogen) atoms. The monoisotopic (exact) mass is 313 g/mol. The van der Waals surface area contributed by atoms with E-state index in [4.69, 9.17) is 15.2 Å². The molecule has 0 saturated heterocycles. The minimum Gasteiger partial charge on any atom is -0.497 e. The second-order valence-corrected chi connectivity index (χ2v) is 5.08. The Labute approximate surface area is 137 Å².